The van der Waals surface area contributed by atoms with E-state index in [1.165, 1.54) is 0 Å². The minimum absolute atomic E-state index is 0. The van der Waals surface area contributed by atoms with Gasteiger partial charge in [0.05, 0.1) is 11.5 Å². The molecule has 0 aromatic heterocycles. The van der Waals surface area contributed by atoms with Crippen LogP contribution < -0.4 is 18.9 Å². The molecule has 0 aliphatic carbocycles. The van der Waals surface area contributed by atoms with Crippen LogP contribution in [0.5, 0.6) is 0 Å². The summed E-state index contributed by atoms with van der Waals surface area (Å²) >= 11 is -2.31. The van der Waals surface area contributed by atoms with E-state index >= 15 is 0 Å². The number of sulfone groups is 1. The van der Waals surface area contributed by atoms with E-state index in [2.05, 4.69) is 0 Å². The Kier molecular flexibility index (Phi) is 14.6. The van der Waals surface area contributed by atoms with Crippen molar-refractivity contribution < 1.29 is 41.1 Å². The fourth-order valence-corrected chi connectivity index (χ4v) is 2.91. The summed E-state index contributed by atoms with van der Waals surface area (Å²) in [4.78, 5) is 0. The largest absolute Gasteiger partial charge is 1.00 e. The predicted octanol–water partition coefficient (Wildman–Crippen LogP) is -3.88. The third-order valence-corrected chi connectivity index (χ3v) is 3.71. The Morgan fingerprint density at radius 2 is 1.79 bits per heavy atom. The second-order valence-electron chi connectivity index (χ2n) is 2.24. The van der Waals surface area contributed by atoms with Gasteiger partial charge in [-0.25, -0.2) is 8.42 Å². The maximum atomic E-state index is 10.9. The molecule has 8 heteroatoms. The third kappa shape index (κ3) is 12.6. The minimum atomic E-state index is -3.29. The van der Waals surface area contributed by atoms with Gasteiger partial charge in [0.25, 0.3) is 0 Å². The van der Waals surface area contributed by atoms with Gasteiger partial charge in [-0.2, -0.15) is 0 Å². The van der Waals surface area contributed by atoms with Gasteiger partial charge in [-0.1, -0.05) is 11.1 Å². The zero-order valence-corrected chi connectivity index (χ0v) is 10.1. The van der Waals surface area contributed by atoms with Gasteiger partial charge in [0.1, 0.15) is 0 Å². The summed E-state index contributed by atoms with van der Waals surface area (Å²) < 4.78 is 41.8. The van der Waals surface area contributed by atoms with Crippen LogP contribution in [0.3, 0.4) is 0 Å². The predicted molar refractivity (Wildman–Crippen MR) is 50.6 cm³/mol. The zero-order valence-electron chi connectivity index (χ0n) is 8.43. The van der Waals surface area contributed by atoms with Gasteiger partial charge in [0.2, 0.25) is 0 Å². The van der Waals surface area contributed by atoms with Crippen LogP contribution in [0.2, 0.25) is 0 Å². The van der Waals surface area contributed by atoms with Crippen LogP contribution in [-0.2, 0) is 20.9 Å². The fourth-order valence-electron chi connectivity index (χ4n) is 0.582. The number of rotatable bonds is 6. The van der Waals surface area contributed by atoms with Crippen LogP contribution in [0.1, 0.15) is 6.42 Å². The molecule has 1 unspecified atom stereocenters. The van der Waals surface area contributed by atoms with Crippen LogP contribution in [0.4, 0.5) is 0 Å². The van der Waals surface area contributed by atoms with Crippen molar-refractivity contribution in [2.45, 2.75) is 6.42 Å². The normalized spacial score (nSPS) is 12.4. The molecular weight excluding hydrogens is 223 g/mol. The first-order valence-corrected chi connectivity index (χ1v) is 6.41. The molecule has 0 heterocycles. The Hall–Kier alpha value is 0.617. The van der Waals surface area contributed by atoms with E-state index in [9.17, 15) is 17.2 Å². The topological polar surface area (TPSA) is 94.5 Å². The summed E-state index contributed by atoms with van der Waals surface area (Å²) in [5.41, 5.74) is 0. The maximum Gasteiger partial charge on any atom is 1.00 e. The van der Waals surface area contributed by atoms with Gasteiger partial charge < -0.3 is 17.1 Å². The number of aliphatic hydroxyl groups excluding tert-OH is 1. The summed E-state index contributed by atoms with van der Waals surface area (Å²) in [6.07, 6.45) is 0.161. The van der Waals surface area contributed by atoms with Gasteiger partial charge in [-0.15, -0.1) is 0 Å². The Labute approximate surface area is 99.7 Å². The summed E-state index contributed by atoms with van der Waals surface area (Å²) in [6, 6.07) is 0. The molecule has 0 aliphatic rings. The molecule has 0 amide bonds. The number of aliphatic hydroxyl groups is 1. The van der Waals surface area contributed by atoms with Crippen molar-refractivity contribution in [2.75, 3.05) is 23.9 Å². The maximum absolute atomic E-state index is 10.9. The van der Waals surface area contributed by atoms with Gasteiger partial charge in [0.15, 0.2) is 9.84 Å². The average Bonchev–Trinajstić information content (AvgIpc) is 1.98. The van der Waals surface area contributed by atoms with Crippen molar-refractivity contribution in [3.8, 4) is 0 Å². The van der Waals surface area contributed by atoms with Crippen molar-refractivity contribution in [1.82, 2.24) is 0 Å². The first kappa shape index (κ1) is 20.1. The second kappa shape index (κ2) is 10.1. The monoisotopic (exact) mass is 237 g/mol. The molecule has 0 rings (SSSR count). The summed E-state index contributed by atoms with van der Waals surface area (Å²) in [6.45, 7) is -0.195. The van der Waals surface area contributed by atoms with Crippen molar-refractivity contribution in [1.29, 1.82) is 0 Å². The van der Waals surface area contributed by atoms with Crippen molar-refractivity contribution in [2.24, 2.45) is 0 Å². The molecule has 1 atom stereocenters. The van der Waals surface area contributed by atoms with Crippen LogP contribution in [-0.4, -0.2) is 46.2 Å². The number of hydrogen-bond acceptors (Lipinski definition) is 5. The molecule has 0 saturated carbocycles. The molecule has 0 fully saturated rings. The van der Waals surface area contributed by atoms with Crippen LogP contribution >= 0.6 is 0 Å². The molecule has 0 radical (unpaired) electrons. The van der Waals surface area contributed by atoms with E-state index in [1.807, 2.05) is 0 Å². The standard InChI is InChI=1S/C5H12O5S2.CH3.Li/c6-2-1-4-12(9,10)5-3-11(7)8;;/h6H,1-5H2,(H,7,8);1H3;/q;-1;+1/p-1. The van der Waals surface area contributed by atoms with Crippen molar-refractivity contribution in [3.63, 3.8) is 0 Å². The Bertz CT molecular complexity index is 239. The summed E-state index contributed by atoms with van der Waals surface area (Å²) in [5.74, 6) is -0.877. The average molecular weight is 237 g/mol. The molecule has 0 aromatic rings. The van der Waals surface area contributed by atoms with Crippen molar-refractivity contribution >= 4 is 20.9 Å². The van der Waals surface area contributed by atoms with Crippen LogP contribution in [0, 0.1) is 7.43 Å². The molecule has 82 valence electrons. The number of hydrogen-bond donors (Lipinski definition) is 1. The van der Waals surface area contributed by atoms with Crippen LogP contribution in [0.25, 0.3) is 0 Å². The molecule has 0 spiro atoms. The quantitative estimate of drug-likeness (QED) is 0.290. The summed E-state index contributed by atoms with van der Waals surface area (Å²) in [5, 5.41) is 8.32. The third-order valence-electron chi connectivity index (χ3n) is 1.17. The van der Waals surface area contributed by atoms with E-state index in [0.29, 0.717) is 0 Å². The molecule has 0 aliphatic heterocycles. The van der Waals surface area contributed by atoms with Gasteiger partial charge in [-0.05, 0) is 6.42 Å². The molecule has 5 nitrogen and oxygen atoms in total. The Morgan fingerprint density at radius 1 is 1.29 bits per heavy atom. The van der Waals surface area contributed by atoms with E-state index in [4.69, 9.17) is 5.11 Å². The molecule has 0 aromatic carbocycles. The molecular formula is C6H14LiO5S2-. The minimum Gasteiger partial charge on any atom is -0.772 e. The first-order chi connectivity index (χ1) is 5.48. The van der Waals surface area contributed by atoms with Crippen LogP contribution in [0.15, 0.2) is 0 Å². The molecule has 0 saturated heterocycles. The van der Waals surface area contributed by atoms with E-state index in [1.54, 1.807) is 0 Å². The van der Waals surface area contributed by atoms with Crippen molar-refractivity contribution in [3.05, 3.63) is 7.43 Å². The van der Waals surface area contributed by atoms with Gasteiger partial charge in [-0.3, -0.25) is 4.21 Å². The van der Waals surface area contributed by atoms with E-state index in [0.717, 1.165) is 0 Å². The molecule has 1 N–H and O–H groups in total. The zero-order chi connectivity index (χ0) is 9.61. The second-order valence-corrected chi connectivity index (χ2v) is 5.56. The van der Waals surface area contributed by atoms with Gasteiger partial charge in [0, 0.05) is 12.4 Å². The molecule has 0 bridgehead atoms. The summed E-state index contributed by atoms with van der Waals surface area (Å²) in [7, 11) is -3.29. The fraction of sp³-hybridized carbons (Fsp3) is 0.833. The SMILES string of the molecule is O=S([O-])CCS(=O)(=O)CCCO.[CH3-].[Li+]. The smallest absolute Gasteiger partial charge is 0.772 e. The Balaban J connectivity index is -0.000000605. The first-order valence-electron chi connectivity index (χ1n) is 3.35. The van der Waals surface area contributed by atoms with Gasteiger partial charge >= 0.3 is 18.9 Å². The van der Waals surface area contributed by atoms with E-state index in [-0.39, 0.29) is 56.6 Å². The Morgan fingerprint density at radius 3 is 2.14 bits per heavy atom. The molecule has 14 heavy (non-hydrogen) atoms. The van der Waals surface area contributed by atoms with E-state index < -0.39 is 20.9 Å².